The lowest BCUT2D eigenvalue weighted by Gasteiger charge is -2.06. The molecule has 2 N–H and O–H groups in total. The zero-order chi connectivity index (χ0) is 10.7. The lowest BCUT2D eigenvalue weighted by atomic mass is 10.1. The minimum Gasteiger partial charge on any atom is -0.321 e. The highest BCUT2D eigenvalue weighted by Crippen LogP contribution is 2.08. The van der Waals surface area contributed by atoms with Gasteiger partial charge in [-0.3, -0.25) is 4.68 Å². The smallest absolute Gasteiger partial charge is 0.145 e. The molecule has 0 radical (unpaired) electrons. The number of aromatic nitrogens is 5. The van der Waals surface area contributed by atoms with Crippen LogP contribution < -0.4 is 5.73 Å². The van der Waals surface area contributed by atoms with E-state index in [1.165, 1.54) is 0 Å². The van der Waals surface area contributed by atoms with E-state index in [-0.39, 0.29) is 6.04 Å². The number of nitrogens with two attached hydrogens (primary N) is 1. The van der Waals surface area contributed by atoms with E-state index in [2.05, 4.69) is 20.3 Å². The van der Waals surface area contributed by atoms with E-state index in [1.807, 2.05) is 13.2 Å². The Morgan fingerprint density at radius 2 is 2.13 bits per heavy atom. The largest absolute Gasteiger partial charge is 0.321 e. The summed E-state index contributed by atoms with van der Waals surface area (Å²) in [6, 6.07) is 1.53. The van der Waals surface area contributed by atoms with Gasteiger partial charge in [-0.25, -0.2) is 9.97 Å². The van der Waals surface area contributed by atoms with Crippen molar-refractivity contribution in [3.63, 3.8) is 0 Å². The van der Waals surface area contributed by atoms with Gasteiger partial charge in [0.15, 0.2) is 0 Å². The molecule has 0 bridgehead atoms. The summed E-state index contributed by atoms with van der Waals surface area (Å²) in [7, 11) is 1.82. The molecule has 2 aromatic rings. The minimum absolute atomic E-state index is 0.233. The molecule has 0 amide bonds. The Morgan fingerprint density at radius 1 is 1.40 bits per heavy atom. The first-order chi connectivity index (χ1) is 7.25. The standard InChI is InChI=1S/C9H12N6/c1-15-6-7(13-14-15)5-8(10)9-11-3-2-4-12-9/h2-4,6,8H,5,10H2,1H3. The molecule has 0 aliphatic rings. The van der Waals surface area contributed by atoms with E-state index in [0.29, 0.717) is 12.2 Å². The van der Waals surface area contributed by atoms with Crippen LogP contribution in [0.3, 0.4) is 0 Å². The lowest BCUT2D eigenvalue weighted by molar-refractivity contribution is 0.653. The molecular weight excluding hydrogens is 192 g/mol. The molecule has 0 aromatic carbocycles. The van der Waals surface area contributed by atoms with E-state index in [1.54, 1.807) is 23.1 Å². The molecule has 0 aliphatic heterocycles. The summed E-state index contributed by atoms with van der Waals surface area (Å²) in [4.78, 5) is 8.18. The molecule has 0 aliphatic carbocycles. The van der Waals surface area contributed by atoms with Gasteiger partial charge < -0.3 is 5.73 Å². The molecule has 2 heterocycles. The van der Waals surface area contributed by atoms with Gasteiger partial charge >= 0.3 is 0 Å². The van der Waals surface area contributed by atoms with Crippen LogP contribution >= 0.6 is 0 Å². The quantitative estimate of drug-likeness (QED) is 0.751. The first-order valence-electron chi connectivity index (χ1n) is 4.63. The number of aryl methyl sites for hydroxylation is 1. The predicted octanol–water partition coefficient (Wildman–Crippen LogP) is -0.152. The second-order valence-corrected chi connectivity index (χ2v) is 3.30. The molecule has 0 saturated heterocycles. The van der Waals surface area contributed by atoms with Gasteiger partial charge in [0.05, 0.1) is 11.7 Å². The van der Waals surface area contributed by atoms with Crippen molar-refractivity contribution in [2.45, 2.75) is 12.5 Å². The Morgan fingerprint density at radius 3 is 2.73 bits per heavy atom. The molecule has 1 atom stereocenters. The van der Waals surface area contributed by atoms with E-state index in [0.717, 1.165) is 5.69 Å². The molecule has 0 spiro atoms. The van der Waals surface area contributed by atoms with Crippen molar-refractivity contribution >= 4 is 0 Å². The first-order valence-corrected chi connectivity index (χ1v) is 4.63. The Hall–Kier alpha value is -1.82. The van der Waals surface area contributed by atoms with Crippen molar-refractivity contribution in [1.82, 2.24) is 25.0 Å². The second kappa shape index (κ2) is 4.14. The van der Waals surface area contributed by atoms with Crippen LogP contribution in [-0.2, 0) is 13.5 Å². The fourth-order valence-corrected chi connectivity index (χ4v) is 1.31. The molecule has 1 unspecified atom stereocenters. The summed E-state index contributed by atoms with van der Waals surface area (Å²) in [6.45, 7) is 0. The maximum absolute atomic E-state index is 5.93. The van der Waals surface area contributed by atoms with E-state index >= 15 is 0 Å². The van der Waals surface area contributed by atoms with Gasteiger partial charge in [-0.05, 0) is 6.07 Å². The second-order valence-electron chi connectivity index (χ2n) is 3.30. The van der Waals surface area contributed by atoms with Crippen molar-refractivity contribution in [3.05, 3.63) is 36.2 Å². The lowest BCUT2D eigenvalue weighted by Crippen LogP contribution is -2.16. The minimum atomic E-state index is -0.233. The molecule has 6 nitrogen and oxygen atoms in total. The fourth-order valence-electron chi connectivity index (χ4n) is 1.31. The third-order valence-corrected chi connectivity index (χ3v) is 2.00. The Kier molecular flexibility index (Phi) is 2.68. The molecule has 78 valence electrons. The molecule has 0 saturated carbocycles. The summed E-state index contributed by atoms with van der Waals surface area (Å²) >= 11 is 0. The van der Waals surface area contributed by atoms with Crippen molar-refractivity contribution < 1.29 is 0 Å². The van der Waals surface area contributed by atoms with Crippen LogP contribution in [0.2, 0.25) is 0 Å². The number of rotatable bonds is 3. The van der Waals surface area contributed by atoms with Crippen LogP contribution in [0.1, 0.15) is 17.6 Å². The van der Waals surface area contributed by atoms with Crippen LogP contribution in [0.4, 0.5) is 0 Å². The third kappa shape index (κ3) is 2.35. The van der Waals surface area contributed by atoms with Gasteiger partial charge in [-0.2, -0.15) is 0 Å². The summed E-state index contributed by atoms with van der Waals surface area (Å²) in [5.41, 5.74) is 6.78. The van der Waals surface area contributed by atoms with Crippen molar-refractivity contribution in [2.24, 2.45) is 12.8 Å². The van der Waals surface area contributed by atoms with Gasteiger partial charge in [0.2, 0.25) is 0 Å². The summed E-state index contributed by atoms with van der Waals surface area (Å²) in [5, 5.41) is 7.79. The SMILES string of the molecule is Cn1cc(CC(N)c2ncccn2)nn1. The van der Waals surface area contributed by atoms with Gasteiger partial charge in [0, 0.05) is 32.1 Å². The zero-order valence-electron chi connectivity index (χ0n) is 8.41. The van der Waals surface area contributed by atoms with Crippen molar-refractivity contribution in [2.75, 3.05) is 0 Å². The van der Waals surface area contributed by atoms with Gasteiger partial charge in [0.1, 0.15) is 5.82 Å². The van der Waals surface area contributed by atoms with Gasteiger partial charge in [-0.15, -0.1) is 5.10 Å². The predicted molar refractivity (Wildman–Crippen MR) is 53.7 cm³/mol. The molecule has 6 heteroatoms. The fraction of sp³-hybridized carbons (Fsp3) is 0.333. The van der Waals surface area contributed by atoms with Crippen LogP contribution in [0.25, 0.3) is 0 Å². The number of hydrogen-bond donors (Lipinski definition) is 1. The summed E-state index contributed by atoms with van der Waals surface area (Å²) in [6.07, 6.45) is 5.79. The third-order valence-electron chi connectivity index (χ3n) is 2.00. The number of hydrogen-bond acceptors (Lipinski definition) is 5. The molecular formula is C9H12N6. The summed E-state index contributed by atoms with van der Waals surface area (Å²) in [5.74, 6) is 0.628. The Bertz CT molecular complexity index is 423. The average molecular weight is 204 g/mol. The zero-order valence-corrected chi connectivity index (χ0v) is 8.41. The topological polar surface area (TPSA) is 82.5 Å². The van der Waals surface area contributed by atoms with Crippen LogP contribution in [0, 0.1) is 0 Å². The maximum atomic E-state index is 5.93. The summed E-state index contributed by atoms with van der Waals surface area (Å²) < 4.78 is 1.65. The van der Waals surface area contributed by atoms with Crippen molar-refractivity contribution in [1.29, 1.82) is 0 Å². The molecule has 2 aromatic heterocycles. The van der Waals surface area contributed by atoms with Crippen molar-refractivity contribution in [3.8, 4) is 0 Å². The molecule has 0 fully saturated rings. The first kappa shape index (κ1) is 9.72. The Balaban J connectivity index is 2.07. The highest BCUT2D eigenvalue weighted by molar-refractivity contribution is 5.02. The monoisotopic (exact) mass is 204 g/mol. The highest BCUT2D eigenvalue weighted by Gasteiger charge is 2.11. The van der Waals surface area contributed by atoms with Gasteiger partial charge in [0.25, 0.3) is 0 Å². The maximum Gasteiger partial charge on any atom is 0.145 e. The van der Waals surface area contributed by atoms with E-state index in [4.69, 9.17) is 5.73 Å². The van der Waals surface area contributed by atoms with Gasteiger partial charge in [-0.1, -0.05) is 5.21 Å². The molecule has 2 rings (SSSR count). The van der Waals surface area contributed by atoms with Crippen LogP contribution in [0.5, 0.6) is 0 Å². The highest BCUT2D eigenvalue weighted by atomic mass is 15.4. The van der Waals surface area contributed by atoms with Crippen LogP contribution in [-0.4, -0.2) is 25.0 Å². The van der Waals surface area contributed by atoms with E-state index in [9.17, 15) is 0 Å². The number of nitrogens with zero attached hydrogens (tertiary/aromatic N) is 5. The normalized spacial score (nSPS) is 12.7. The van der Waals surface area contributed by atoms with E-state index < -0.39 is 0 Å². The molecule has 15 heavy (non-hydrogen) atoms. The Labute approximate surface area is 87.2 Å². The average Bonchev–Trinajstić information content (AvgIpc) is 2.65. The van der Waals surface area contributed by atoms with Crippen LogP contribution in [0.15, 0.2) is 24.7 Å².